The molecule has 10 nitrogen and oxygen atoms in total. The third-order valence-electron chi connectivity index (χ3n) is 6.19. The summed E-state index contributed by atoms with van der Waals surface area (Å²) in [5.74, 6) is -0.984. The lowest BCUT2D eigenvalue weighted by molar-refractivity contribution is -0.142. The molecule has 39 heavy (non-hydrogen) atoms. The van der Waals surface area contributed by atoms with Gasteiger partial charge in [0.1, 0.15) is 11.9 Å². The fraction of sp³-hybridized carbons (Fsp3) is 0.222. The van der Waals surface area contributed by atoms with Crippen LogP contribution in [0.15, 0.2) is 78.9 Å². The lowest BCUT2D eigenvalue weighted by Crippen LogP contribution is -2.43. The van der Waals surface area contributed by atoms with Crippen LogP contribution in [-0.4, -0.2) is 52.5 Å². The minimum atomic E-state index is -3.81. The first-order valence-electron chi connectivity index (χ1n) is 11.9. The van der Waals surface area contributed by atoms with E-state index in [1.54, 1.807) is 88.7 Å². The lowest BCUT2D eigenvalue weighted by atomic mass is 10.1. The maximum Gasteiger partial charge on any atom is 0.329 e. The molecule has 12 heteroatoms. The number of carbonyl (C=O) groups excluding carboxylic acids is 2. The number of ether oxygens (including phenoxy) is 1. The van der Waals surface area contributed by atoms with E-state index in [9.17, 15) is 18.0 Å². The van der Waals surface area contributed by atoms with Crippen molar-refractivity contribution >= 4 is 51.6 Å². The first kappa shape index (κ1) is 29.6. The lowest BCUT2D eigenvalue weighted by Gasteiger charge is -2.20. The summed E-state index contributed by atoms with van der Waals surface area (Å²) in [6, 6.07) is 21.4. The molecule has 1 aliphatic rings. The first-order chi connectivity index (χ1) is 18.2. The van der Waals surface area contributed by atoms with Crippen molar-refractivity contribution in [2.75, 3.05) is 30.0 Å². The number of nitrogens with zero attached hydrogens (tertiary/aromatic N) is 2. The smallest absolute Gasteiger partial charge is 0.329 e. The zero-order chi connectivity index (χ0) is 27.3. The van der Waals surface area contributed by atoms with E-state index < -0.39 is 22.0 Å². The largest absolute Gasteiger partial charge is 0.468 e. The van der Waals surface area contributed by atoms with Gasteiger partial charge in [-0.15, -0.1) is 12.4 Å². The number of halogens is 1. The molecule has 0 aliphatic carbocycles. The minimum Gasteiger partial charge on any atom is -0.468 e. The van der Waals surface area contributed by atoms with Crippen molar-refractivity contribution in [1.29, 1.82) is 5.41 Å². The summed E-state index contributed by atoms with van der Waals surface area (Å²) in [5, 5.41) is 7.51. The Kier molecular flexibility index (Phi) is 9.68. The van der Waals surface area contributed by atoms with Gasteiger partial charge in [0.25, 0.3) is 0 Å². The van der Waals surface area contributed by atoms with Gasteiger partial charge in [-0.1, -0.05) is 42.5 Å². The van der Waals surface area contributed by atoms with Crippen molar-refractivity contribution < 1.29 is 22.7 Å². The highest BCUT2D eigenvalue weighted by molar-refractivity contribution is 7.88. The van der Waals surface area contributed by atoms with Gasteiger partial charge >= 0.3 is 12.0 Å². The van der Waals surface area contributed by atoms with E-state index in [0.29, 0.717) is 41.2 Å². The average molecular weight is 572 g/mol. The second-order valence-electron chi connectivity index (χ2n) is 8.86. The highest BCUT2D eigenvalue weighted by atomic mass is 35.5. The normalized spacial score (nSPS) is 14.0. The standard InChI is InChI=1S/C27H29N5O5S.ClH/c1-37-26(33)24(30-38(35,36)18-20-5-3-2-4-6-20)17-19-7-11-22(12-8-19)31-15-16-32(27(31)34)23-13-9-21(10-14-23)25(28)29;/h2-14,24,30H,15-18H2,1H3,(H3,28,29);1H. The molecule has 1 atom stereocenters. The Balaban J connectivity index is 0.00000420. The number of benzene rings is 3. The van der Waals surface area contributed by atoms with Gasteiger partial charge in [0, 0.05) is 30.0 Å². The molecule has 0 saturated carbocycles. The minimum absolute atomic E-state index is 0. The molecule has 2 amide bonds. The molecule has 206 valence electrons. The number of hydrogen-bond acceptors (Lipinski definition) is 6. The molecule has 1 heterocycles. The van der Waals surface area contributed by atoms with Gasteiger partial charge in [-0.2, -0.15) is 0 Å². The summed E-state index contributed by atoms with van der Waals surface area (Å²) in [6.07, 6.45) is 0.0868. The molecule has 0 radical (unpaired) electrons. The maximum absolute atomic E-state index is 13.1. The van der Waals surface area contributed by atoms with Crippen molar-refractivity contribution in [2.45, 2.75) is 18.2 Å². The van der Waals surface area contributed by atoms with Crippen LogP contribution in [0, 0.1) is 5.41 Å². The molecule has 1 saturated heterocycles. The molecule has 1 unspecified atom stereocenters. The van der Waals surface area contributed by atoms with Crippen LogP contribution in [0.25, 0.3) is 0 Å². The third-order valence-corrected chi connectivity index (χ3v) is 7.55. The van der Waals surface area contributed by atoms with Gasteiger partial charge in [-0.3, -0.25) is 20.0 Å². The number of amidine groups is 1. The number of hydrogen-bond donors (Lipinski definition) is 3. The molecule has 0 aromatic heterocycles. The van der Waals surface area contributed by atoms with Gasteiger partial charge < -0.3 is 10.5 Å². The number of carbonyl (C=O) groups is 2. The molecule has 3 aromatic carbocycles. The maximum atomic E-state index is 13.1. The van der Waals surface area contributed by atoms with Gasteiger partial charge in [0.2, 0.25) is 10.0 Å². The van der Waals surface area contributed by atoms with Crippen LogP contribution in [-0.2, 0) is 31.7 Å². The number of esters is 1. The highest BCUT2D eigenvalue weighted by Crippen LogP contribution is 2.26. The van der Waals surface area contributed by atoms with Crippen molar-refractivity contribution in [3.8, 4) is 0 Å². The average Bonchev–Trinajstić information content (AvgIpc) is 3.29. The molecule has 4 rings (SSSR count). The van der Waals surface area contributed by atoms with Crippen molar-refractivity contribution in [3.05, 3.63) is 95.6 Å². The van der Waals surface area contributed by atoms with Crippen LogP contribution >= 0.6 is 12.4 Å². The summed E-state index contributed by atoms with van der Waals surface area (Å²) in [4.78, 5) is 28.7. The Bertz CT molecular complexity index is 1420. The summed E-state index contributed by atoms with van der Waals surface area (Å²) in [5.41, 5.74) is 8.79. The first-order valence-corrected chi connectivity index (χ1v) is 13.6. The van der Waals surface area contributed by atoms with Crippen LogP contribution in [0.4, 0.5) is 16.2 Å². The number of rotatable bonds is 10. The number of anilines is 2. The SMILES string of the molecule is COC(=O)C(Cc1ccc(N2CCN(c3ccc(C(=N)N)cc3)C2=O)cc1)NS(=O)(=O)Cc1ccccc1.Cl. The van der Waals surface area contributed by atoms with Crippen molar-refractivity contribution in [1.82, 2.24) is 4.72 Å². The Morgan fingerprint density at radius 1 is 0.949 bits per heavy atom. The van der Waals surface area contributed by atoms with E-state index in [4.69, 9.17) is 15.9 Å². The van der Waals surface area contributed by atoms with Crippen molar-refractivity contribution in [2.24, 2.45) is 5.73 Å². The Morgan fingerprint density at radius 2 is 1.49 bits per heavy atom. The number of methoxy groups -OCH3 is 1. The summed E-state index contributed by atoms with van der Waals surface area (Å²) < 4.78 is 32.7. The summed E-state index contributed by atoms with van der Waals surface area (Å²) in [6.45, 7) is 0.977. The van der Waals surface area contributed by atoms with E-state index in [-0.39, 0.29) is 36.4 Å². The molecular weight excluding hydrogens is 542 g/mol. The fourth-order valence-electron chi connectivity index (χ4n) is 4.25. The van der Waals surface area contributed by atoms with Gasteiger partial charge in [0.05, 0.1) is 12.9 Å². The number of nitrogens with one attached hydrogen (secondary N) is 2. The van der Waals surface area contributed by atoms with Crippen LogP contribution in [0.3, 0.4) is 0 Å². The molecule has 1 fully saturated rings. The monoisotopic (exact) mass is 571 g/mol. The number of nitrogens with two attached hydrogens (primary N) is 1. The molecular formula is C27H30ClN5O5S. The highest BCUT2D eigenvalue weighted by Gasteiger charge is 2.31. The molecule has 4 N–H and O–H groups in total. The van der Waals surface area contributed by atoms with E-state index in [2.05, 4.69) is 4.72 Å². The van der Waals surface area contributed by atoms with E-state index >= 15 is 0 Å². The molecule has 1 aliphatic heterocycles. The van der Waals surface area contributed by atoms with Gasteiger partial charge in [0.15, 0.2) is 0 Å². The topological polar surface area (TPSA) is 146 Å². The molecule has 3 aromatic rings. The predicted octanol–water partition coefficient (Wildman–Crippen LogP) is 3.04. The second kappa shape index (κ2) is 12.7. The Labute approximate surface area is 233 Å². The second-order valence-corrected chi connectivity index (χ2v) is 10.6. The van der Waals surface area contributed by atoms with Gasteiger partial charge in [-0.05, 0) is 53.9 Å². The fourth-order valence-corrected chi connectivity index (χ4v) is 5.58. The number of sulfonamides is 1. The van der Waals surface area contributed by atoms with Crippen LogP contribution in [0.2, 0.25) is 0 Å². The van der Waals surface area contributed by atoms with E-state index in [1.165, 1.54) is 7.11 Å². The number of urea groups is 1. The third kappa shape index (κ3) is 7.34. The summed E-state index contributed by atoms with van der Waals surface area (Å²) >= 11 is 0. The van der Waals surface area contributed by atoms with Crippen LogP contribution in [0.1, 0.15) is 16.7 Å². The Morgan fingerprint density at radius 3 is 2.00 bits per heavy atom. The van der Waals surface area contributed by atoms with E-state index in [0.717, 1.165) is 0 Å². The predicted molar refractivity (Wildman–Crippen MR) is 153 cm³/mol. The zero-order valence-electron chi connectivity index (χ0n) is 21.2. The van der Waals surface area contributed by atoms with Crippen LogP contribution < -0.4 is 20.3 Å². The summed E-state index contributed by atoms with van der Waals surface area (Å²) in [7, 11) is -2.59. The number of nitrogen functional groups attached to an aromatic ring is 1. The number of amides is 2. The van der Waals surface area contributed by atoms with Gasteiger partial charge in [-0.25, -0.2) is 17.9 Å². The van der Waals surface area contributed by atoms with Crippen molar-refractivity contribution in [3.63, 3.8) is 0 Å². The van der Waals surface area contributed by atoms with Crippen LogP contribution in [0.5, 0.6) is 0 Å². The van der Waals surface area contributed by atoms with E-state index in [1.807, 2.05) is 0 Å². The zero-order valence-corrected chi connectivity index (χ0v) is 22.9. The molecule has 0 bridgehead atoms. The Hall–Kier alpha value is -3.93. The molecule has 0 spiro atoms. The quantitative estimate of drug-likeness (QED) is 0.194.